The molecular formula is C16H14BrNO2. The van der Waals surface area contributed by atoms with Crippen molar-refractivity contribution in [3.8, 4) is 17.6 Å². The van der Waals surface area contributed by atoms with Crippen LogP contribution in [0.4, 0.5) is 0 Å². The predicted octanol–water partition coefficient (Wildman–Crippen LogP) is 4.30. The Morgan fingerprint density at radius 2 is 1.85 bits per heavy atom. The molecule has 0 saturated heterocycles. The van der Waals surface area contributed by atoms with E-state index in [4.69, 9.17) is 14.7 Å². The zero-order valence-electron chi connectivity index (χ0n) is 11.1. The minimum Gasteiger partial charge on any atom is -0.457 e. The van der Waals surface area contributed by atoms with Crippen LogP contribution in [0.15, 0.2) is 46.9 Å². The van der Waals surface area contributed by atoms with E-state index in [0.717, 1.165) is 16.6 Å². The summed E-state index contributed by atoms with van der Waals surface area (Å²) in [5.74, 6) is 1.38. The van der Waals surface area contributed by atoms with Crippen molar-refractivity contribution in [1.29, 1.82) is 5.26 Å². The molecular weight excluding hydrogens is 318 g/mol. The molecule has 4 heteroatoms. The lowest BCUT2D eigenvalue weighted by atomic mass is 10.1. The molecule has 2 aromatic carbocycles. The first-order valence-corrected chi connectivity index (χ1v) is 6.97. The van der Waals surface area contributed by atoms with E-state index in [1.807, 2.05) is 30.3 Å². The lowest BCUT2D eigenvalue weighted by molar-refractivity contribution is 0.202. The number of methoxy groups -OCH3 is 1. The summed E-state index contributed by atoms with van der Waals surface area (Å²) in [7, 11) is 1.69. The molecule has 0 unspecified atom stereocenters. The number of nitriles is 1. The monoisotopic (exact) mass is 331 g/mol. The highest BCUT2D eigenvalue weighted by atomic mass is 79.9. The predicted molar refractivity (Wildman–Crippen MR) is 81.0 cm³/mol. The first-order chi connectivity index (χ1) is 9.71. The van der Waals surface area contributed by atoms with Gasteiger partial charge in [-0.25, -0.2) is 0 Å². The molecule has 102 valence electrons. The zero-order valence-corrected chi connectivity index (χ0v) is 12.7. The van der Waals surface area contributed by atoms with Gasteiger partial charge in [-0.3, -0.25) is 0 Å². The number of hydrogen-bond acceptors (Lipinski definition) is 3. The molecule has 0 N–H and O–H groups in total. The van der Waals surface area contributed by atoms with Gasteiger partial charge in [0.25, 0.3) is 0 Å². The SMILES string of the molecule is COCCc1ccc(Oc2cc(Br)cc(C#N)c2)cc1. The molecule has 0 amide bonds. The molecule has 0 aromatic heterocycles. The van der Waals surface area contributed by atoms with E-state index in [2.05, 4.69) is 22.0 Å². The van der Waals surface area contributed by atoms with Crippen LogP contribution in [0.2, 0.25) is 0 Å². The van der Waals surface area contributed by atoms with Gasteiger partial charge in [0.1, 0.15) is 11.5 Å². The van der Waals surface area contributed by atoms with Crippen molar-refractivity contribution in [2.24, 2.45) is 0 Å². The van der Waals surface area contributed by atoms with E-state index < -0.39 is 0 Å². The van der Waals surface area contributed by atoms with Crippen molar-refractivity contribution in [2.75, 3.05) is 13.7 Å². The molecule has 2 rings (SSSR count). The summed E-state index contributed by atoms with van der Waals surface area (Å²) in [6, 6.07) is 15.3. The number of benzene rings is 2. The van der Waals surface area contributed by atoms with Crippen molar-refractivity contribution in [3.05, 3.63) is 58.1 Å². The van der Waals surface area contributed by atoms with Crippen molar-refractivity contribution in [3.63, 3.8) is 0 Å². The number of halogens is 1. The molecule has 0 aliphatic carbocycles. The standard InChI is InChI=1S/C16H14BrNO2/c1-19-7-6-12-2-4-15(5-3-12)20-16-9-13(11-18)8-14(17)10-16/h2-5,8-10H,6-7H2,1H3. The number of hydrogen-bond donors (Lipinski definition) is 0. The normalized spacial score (nSPS) is 10.1. The van der Waals surface area contributed by atoms with Gasteiger partial charge in [-0.15, -0.1) is 0 Å². The van der Waals surface area contributed by atoms with Crippen LogP contribution in [0, 0.1) is 11.3 Å². The Morgan fingerprint density at radius 1 is 1.10 bits per heavy atom. The molecule has 0 atom stereocenters. The number of rotatable bonds is 5. The summed E-state index contributed by atoms with van der Waals surface area (Å²) in [6.45, 7) is 0.706. The minimum atomic E-state index is 0.561. The average molecular weight is 332 g/mol. The fourth-order valence-corrected chi connectivity index (χ4v) is 2.24. The third-order valence-corrected chi connectivity index (χ3v) is 3.21. The van der Waals surface area contributed by atoms with Crippen LogP contribution >= 0.6 is 15.9 Å². The Labute approximate surface area is 126 Å². The van der Waals surface area contributed by atoms with Gasteiger partial charge >= 0.3 is 0 Å². The van der Waals surface area contributed by atoms with E-state index in [1.165, 1.54) is 5.56 Å². The van der Waals surface area contributed by atoms with Crippen LogP contribution < -0.4 is 4.74 Å². The number of ether oxygens (including phenoxy) is 2. The summed E-state index contributed by atoms with van der Waals surface area (Å²) in [5, 5.41) is 8.93. The first-order valence-electron chi connectivity index (χ1n) is 6.17. The maximum atomic E-state index is 8.93. The highest BCUT2D eigenvalue weighted by Crippen LogP contribution is 2.26. The molecule has 20 heavy (non-hydrogen) atoms. The van der Waals surface area contributed by atoms with E-state index in [-0.39, 0.29) is 0 Å². The van der Waals surface area contributed by atoms with E-state index in [1.54, 1.807) is 19.2 Å². The average Bonchev–Trinajstić information content (AvgIpc) is 2.46. The second kappa shape index (κ2) is 7.09. The van der Waals surface area contributed by atoms with Crippen molar-refractivity contribution in [1.82, 2.24) is 0 Å². The molecule has 0 saturated carbocycles. The third kappa shape index (κ3) is 4.09. The van der Waals surface area contributed by atoms with Gasteiger partial charge in [0.15, 0.2) is 0 Å². The lowest BCUT2D eigenvalue weighted by Gasteiger charge is -2.07. The largest absolute Gasteiger partial charge is 0.457 e. The minimum absolute atomic E-state index is 0.561. The Bertz CT molecular complexity index is 617. The maximum Gasteiger partial charge on any atom is 0.129 e. The van der Waals surface area contributed by atoms with Gasteiger partial charge in [0.2, 0.25) is 0 Å². The molecule has 0 heterocycles. The maximum absolute atomic E-state index is 8.93. The van der Waals surface area contributed by atoms with E-state index in [0.29, 0.717) is 17.9 Å². The Kier molecular flexibility index (Phi) is 5.16. The molecule has 0 spiro atoms. The Morgan fingerprint density at radius 3 is 2.50 bits per heavy atom. The fraction of sp³-hybridized carbons (Fsp3) is 0.188. The summed E-state index contributed by atoms with van der Waals surface area (Å²) in [5.41, 5.74) is 1.76. The number of nitrogens with zero attached hydrogens (tertiary/aromatic N) is 1. The van der Waals surface area contributed by atoms with Gasteiger partial charge in [-0.2, -0.15) is 5.26 Å². The van der Waals surface area contributed by atoms with Crippen LogP contribution in [-0.2, 0) is 11.2 Å². The van der Waals surface area contributed by atoms with Crippen LogP contribution in [0.3, 0.4) is 0 Å². The van der Waals surface area contributed by atoms with Crippen molar-refractivity contribution < 1.29 is 9.47 Å². The highest BCUT2D eigenvalue weighted by Gasteiger charge is 2.02. The van der Waals surface area contributed by atoms with Crippen LogP contribution in [0.1, 0.15) is 11.1 Å². The quantitative estimate of drug-likeness (QED) is 0.820. The fourth-order valence-electron chi connectivity index (χ4n) is 1.77. The molecule has 0 aliphatic rings. The van der Waals surface area contributed by atoms with E-state index >= 15 is 0 Å². The van der Waals surface area contributed by atoms with E-state index in [9.17, 15) is 0 Å². The molecule has 3 nitrogen and oxygen atoms in total. The van der Waals surface area contributed by atoms with Crippen molar-refractivity contribution in [2.45, 2.75) is 6.42 Å². The highest BCUT2D eigenvalue weighted by molar-refractivity contribution is 9.10. The molecule has 0 fully saturated rings. The van der Waals surface area contributed by atoms with Gasteiger partial charge in [0, 0.05) is 11.6 Å². The van der Waals surface area contributed by atoms with Gasteiger partial charge in [0.05, 0.1) is 18.2 Å². The summed E-state index contributed by atoms with van der Waals surface area (Å²) < 4.78 is 11.6. The van der Waals surface area contributed by atoms with Crippen LogP contribution in [0.5, 0.6) is 11.5 Å². The lowest BCUT2D eigenvalue weighted by Crippen LogP contribution is -1.94. The van der Waals surface area contributed by atoms with Crippen LogP contribution in [0.25, 0.3) is 0 Å². The summed E-state index contributed by atoms with van der Waals surface area (Å²) >= 11 is 3.36. The third-order valence-electron chi connectivity index (χ3n) is 2.75. The summed E-state index contributed by atoms with van der Waals surface area (Å²) in [6.07, 6.45) is 0.881. The topological polar surface area (TPSA) is 42.2 Å². The second-order valence-electron chi connectivity index (χ2n) is 4.28. The molecule has 0 bridgehead atoms. The van der Waals surface area contributed by atoms with Gasteiger partial charge < -0.3 is 9.47 Å². The summed E-state index contributed by atoms with van der Waals surface area (Å²) in [4.78, 5) is 0. The molecule has 0 radical (unpaired) electrons. The van der Waals surface area contributed by atoms with Gasteiger partial charge in [-0.05, 0) is 42.3 Å². The molecule has 2 aromatic rings. The first kappa shape index (κ1) is 14.6. The Hall–Kier alpha value is -1.83. The van der Waals surface area contributed by atoms with Crippen LogP contribution in [-0.4, -0.2) is 13.7 Å². The second-order valence-corrected chi connectivity index (χ2v) is 5.19. The Balaban J connectivity index is 2.10. The zero-order chi connectivity index (χ0) is 14.4. The smallest absolute Gasteiger partial charge is 0.129 e. The van der Waals surface area contributed by atoms with Crippen molar-refractivity contribution >= 4 is 15.9 Å². The molecule has 0 aliphatic heterocycles. The van der Waals surface area contributed by atoms with Gasteiger partial charge in [-0.1, -0.05) is 28.1 Å².